The van der Waals surface area contributed by atoms with Crippen molar-refractivity contribution < 1.29 is 9.53 Å². The molecule has 0 unspecified atom stereocenters. The van der Waals surface area contributed by atoms with Gasteiger partial charge in [-0.05, 0) is 31.2 Å². The van der Waals surface area contributed by atoms with Crippen molar-refractivity contribution in [1.29, 1.82) is 0 Å². The highest BCUT2D eigenvalue weighted by atomic mass is 32.1. The highest BCUT2D eigenvalue weighted by Crippen LogP contribution is 2.30. The summed E-state index contributed by atoms with van der Waals surface area (Å²) in [7, 11) is 1.62. The van der Waals surface area contributed by atoms with Gasteiger partial charge in [-0.3, -0.25) is 9.20 Å². The first kappa shape index (κ1) is 17.2. The Labute approximate surface area is 159 Å². The van der Waals surface area contributed by atoms with Crippen LogP contribution < -0.4 is 10.1 Å². The second-order valence-electron chi connectivity index (χ2n) is 5.89. The van der Waals surface area contributed by atoms with Crippen LogP contribution >= 0.6 is 11.3 Å². The quantitative estimate of drug-likeness (QED) is 0.576. The second kappa shape index (κ2) is 7.16. The molecule has 27 heavy (non-hydrogen) atoms. The number of ether oxygens (including phenoxy) is 1. The lowest BCUT2D eigenvalue weighted by Gasteiger charge is -2.03. The fourth-order valence-corrected chi connectivity index (χ4v) is 3.72. The number of fused-ring (bicyclic) bond motifs is 1. The predicted molar refractivity (Wildman–Crippen MR) is 103 cm³/mol. The molecule has 4 rings (SSSR count). The molecule has 0 aliphatic carbocycles. The lowest BCUT2D eigenvalue weighted by Crippen LogP contribution is -2.23. The number of amides is 1. The molecular weight excluding hydrogens is 362 g/mol. The molecule has 0 atom stereocenters. The normalized spacial score (nSPS) is 10.9. The minimum absolute atomic E-state index is 0.174. The second-order valence-corrected chi connectivity index (χ2v) is 6.89. The van der Waals surface area contributed by atoms with Crippen molar-refractivity contribution in [3.05, 3.63) is 65.1 Å². The fraction of sp³-hybridized carbons (Fsp3) is 0.158. The molecule has 1 aromatic carbocycles. The largest absolute Gasteiger partial charge is 0.497 e. The molecule has 4 aromatic rings. The summed E-state index contributed by atoms with van der Waals surface area (Å²) in [6.45, 7) is 2.12. The molecule has 0 spiro atoms. The van der Waals surface area contributed by atoms with E-state index in [1.807, 2.05) is 60.0 Å². The van der Waals surface area contributed by atoms with Crippen LogP contribution in [0.25, 0.3) is 16.2 Å². The average molecular weight is 379 g/mol. The number of rotatable bonds is 5. The monoisotopic (exact) mass is 379 g/mol. The summed E-state index contributed by atoms with van der Waals surface area (Å²) in [6.07, 6.45) is 1.87. The van der Waals surface area contributed by atoms with Crippen LogP contribution in [0.15, 0.2) is 48.7 Å². The molecule has 0 bridgehead atoms. The van der Waals surface area contributed by atoms with Gasteiger partial charge >= 0.3 is 0 Å². The molecule has 0 saturated heterocycles. The summed E-state index contributed by atoms with van der Waals surface area (Å²) in [6, 6.07) is 13.3. The molecule has 0 aliphatic rings. The van der Waals surface area contributed by atoms with Crippen LogP contribution in [-0.2, 0) is 6.54 Å². The van der Waals surface area contributed by atoms with Gasteiger partial charge in [0.05, 0.1) is 19.3 Å². The van der Waals surface area contributed by atoms with E-state index >= 15 is 0 Å². The van der Waals surface area contributed by atoms with Crippen molar-refractivity contribution in [2.24, 2.45) is 0 Å². The van der Waals surface area contributed by atoms with Gasteiger partial charge in [0.25, 0.3) is 5.91 Å². The van der Waals surface area contributed by atoms with E-state index in [9.17, 15) is 4.79 Å². The Morgan fingerprint density at radius 3 is 2.96 bits per heavy atom. The molecule has 1 amide bonds. The fourth-order valence-electron chi connectivity index (χ4n) is 2.74. The predicted octanol–water partition coefficient (Wildman–Crippen LogP) is 3.10. The number of pyridine rings is 1. The molecule has 3 aromatic heterocycles. The lowest BCUT2D eigenvalue weighted by molar-refractivity contribution is 0.0953. The number of nitrogens with one attached hydrogen (secondary N) is 1. The van der Waals surface area contributed by atoms with E-state index in [1.165, 1.54) is 11.3 Å². The van der Waals surface area contributed by atoms with Crippen LogP contribution in [-0.4, -0.2) is 32.6 Å². The van der Waals surface area contributed by atoms with E-state index < -0.39 is 0 Å². The molecule has 7 nitrogen and oxygen atoms in total. The number of hydrogen-bond acceptors (Lipinski definition) is 6. The first-order valence-electron chi connectivity index (χ1n) is 8.34. The smallest absolute Gasteiger partial charge is 0.263 e. The number of aryl methyl sites for hydroxylation is 1. The maximum atomic E-state index is 12.6. The van der Waals surface area contributed by atoms with Crippen molar-refractivity contribution in [1.82, 2.24) is 24.9 Å². The SMILES string of the molecule is COc1cccc(-c2nc(C)c(C(=O)NCc3nnc4ccccn34)s2)c1. The Balaban J connectivity index is 1.53. The number of hydrogen-bond donors (Lipinski definition) is 1. The Morgan fingerprint density at radius 1 is 1.22 bits per heavy atom. The van der Waals surface area contributed by atoms with Gasteiger partial charge in [-0.25, -0.2) is 4.98 Å². The summed E-state index contributed by atoms with van der Waals surface area (Å²) in [5, 5.41) is 11.9. The molecular formula is C19H17N5O2S. The maximum absolute atomic E-state index is 12.6. The molecule has 0 saturated carbocycles. The Kier molecular flexibility index (Phi) is 4.55. The van der Waals surface area contributed by atoms with Crippen LogP contribution in [0.2, 0.25) is 0 Å². The van der Waals surface area contributed by atoms with Gasteiger partial charge in [-0.1, -0.05) is 18.2 Å². The zero-order valence-electron chi connectivity index (χ0n) is 14.8. The van der Waals surface area contributed by atoms with Crippen molar-refractivity contribution in [3.63, 3.8) is 0 Å². The molecule has 1 N–H and O–H groups in total. The molecule has 3 heterocycles. The van der Waals surface area contributed by atoms with Crippen LogP contribution in [0, 0.1) is 6.92 Å². The first-order valence-corrected chi connectivity index (χ1v) is 9.16. The van der Waals surface area contributed by atoms with E-state index in [4.69, 9.17) is 4.74 Å². The third kappa shape index (κ3) is 3.39. The number of aromatic nitrogens is 4. The van der Waals surface area contributed by atoms with E-state index in [1.54, 1.807) is 7.11 Å². The number of carbonyl (C=O) groups is 1. The highest BCUT2D eigenvalue weighted by molar-refractivity contribution is 7.17. The van der Waals surface area contributed by atoms with Crippen molar-refractivity contribution in [2.45, 2.75) is 13.5 Å². The Morgan fingerprint density at radius 2 is 2.11 bits per heavy atom. The van der Waals surface area contributed by atoms with Gasteiger partial charge in [0.15, 0.2) is 11.5 Å². The zero-order chi connectivity index (χ0) is 18.8. The van der Waals surface area contributed by atoms with Gasteiger partial charge in [-0.2, -0.15) is 0 Å². The molecule has 0 aliphatic heterocycles. The van der Waals surface area contributed by atoms with Crippen LogP contribution in [0.4, 0.5) is 0 Å². The maximum Gasteiger partial charge on any atom is 0.263 e. The molecule has 136 valence electrons. The number of carbonyl (C=O) groups excluding carboxylic acids is 1. The van der Waals surface area contributed by atoms with E-state index in [0.717, 1.165) is 22.0 Å². The van der Waals surface area contributed by atoms with Gasteiger partial charge in [0.2, 0.25) is 0 Å². The van der Waals surface area contributed by atoms with Crippen molar-refractivity contribution in [2.75, 3.05) is 7.11 Å². The van der Waals surface area contributed by atoms with Gasteiger partial charge < -0.3 is 10.1 Å². The number of benzene rings is 1. The summed E-state index contributed by atoms with van der Waals surface area (Å²) >= 11 is 1.36. The Hall–Kier alpha value is -3.26. The van der Waals surface area contributed by atoms with Gasteiger partial charge in [-0.15, -0.1) is 21.5 Å². The number of methoxy groups -OCH3 is 1. The molecule has 0 fully saturated rings. The summed E-state index contributed by atoms with van der Waals surface area (Å²) < 4.78 is 7.11. The minimum atomic E-state index is -0.174. The molecule has 8 heteroatoms. The van der Waals surface area contributed by atoms with E-state index in [-0.39, 0.29) is 12.5 Å². The number of nitrogens with zero attached hydrogens (tertiary/aromatic N) is 4. The Bertz CT molecular complexity index is 1120. The summed E-state index contributed by atoms with van der Waals surface area (Å²) in [5.74, 6) is 1.26. The summed E-state index contributed by atoms with van der Waals surface area (Å²) in [5.41, 5.74) is 2.36. The van der Waals surface area contributed by atoms with Crippen molar-refractivity contribution in [3.8, 4) is 16.3 Å². The average Bonchev–Trinajstić information content (AvgIpc) is 3.30. The minimum Gasteiger partial charge on any atom is -0.497 e. The zero-order valence-corrected chi connectivity index (χ0v) is 15.7. The van der Waals surface area contributed by atoms with Crippen molar-refractivity contribution >= 4 is 22.9 Å². The standard InChI is InChI=1S/C19H17N5O2S/c1-12-17(27-19(21-12)13-6-5-7-14(10-13)26-2)18(25)20-11-16-23-22-15-8-3-4-9-24(15)16/h3-10H,11H2,1-2H3,(H,20,25). The highest BCUT2D eigenvalue weighted by Gasteiger charge is 2.17. The lowest BCUT2D eigenvalue weighted by atomic mass is 10.2. The molecule has 0 radical (unpaired) electrons. The van der Waals surface area contributed by atoms with Gasteiger partial charge in [0, 0.05) is 11.8 Å². The van der Waals surface area contributed by atoms with Gasteiger partial charge in [0.1, 0.15) is 15.6 Å². The third-order valence-electron chi connectivity index (χ3n) is 4.11. The van der Waals surface area contributed by atoms with Crippen LogP contribution in [0.3, 0.4) is 0 Å². The number of thiazole rings is 1. The third-order valence-corrected chi connectivity index (χ3v) is 5.32. The first-order chi connectivity index (χ1) is 13.2. The van der Waals surface area contributed by atoms with E-state index in [0.29, 0.717) is 16.4 Å². The van der Waals surface area contributed by atoms with Crippen LogP contribution in [0.1, 0.15) is 21.2 Å². The topological polar surface area (TPSA) is 81.4 Å². The van der Waals surface area contributed by atoms with Crippen LogP contribution in [0.5, 0.6) is 5.75 Å². The summed E-state index contributed by atoms with van der Waals surface area (Å²) in [4.78, 5) is 17.8. The van der Waals surface area contributed by atoms with E-state index in [2.05, 4.69) is 20.5 Å².